The normalized spacial score (nSPS) is 22.6. The van der Waals surface area contributed by atoms with Gasteiger partial charge in [-0.1, -0.05) is 0 Å². The minimum absolute atomic E-state index is 0.0114. The Balaban J connectivity index is 1.32. The van der Waals surface area contributed by atoms with Crippen molar-refractivity contribution in [2.45, 2.75) is 49.5 Å². The number of benzene rings is 1. The smallest absolute Gasteiger partial charge is 0.321 e. The molecule has 1 N–H and O–H groups in total. The number of carbonyl (C=O) groups excluding carboxylic acids is 2. The molecule has 1 spiro atoms. The van der Waals surface area contributed by atoms with E-state index in [2.05, 4.69) is 10.2 Å². The Morgan fingerprint density at radius 3 is 2.46 bits per heavy atom. The first-order valence-corrected chi connectivity index (χ1v) is 10.8. The number of thioether (sulfide) groups is 1. The van der Waals surface area contributed by atoms with E-state index >= 15 is 0 Å². The molecule has 0 atom stereocenters. The summed E-state index contributed by atoms with van der Waals surface area (Å²) in [5.41, 5.74) is 1.07. The fourth-order valence-corrected chi connectivity index (χ4v) is 4.64. The Morgan fingerprint density at radius 2 is 1.85 bits per heavy atom. The molecule has 2 saturated heterocycles. The highest BCUT2D eigenvalue weighted by Gasteiger charge is 2.45. The first-order chi connectivity index (χ1) is 12.6. The number of piperidine rings is 2. The summed E-state index contributed by atoms with van der Waals surface area (Å²) >= 11 is 1.69. The highest BCUT2D eigenvalue weighted by Crippen LogP contribution is 2.43. The number of urea groups is 1. The Hall–Kier alpha value is -1.69. The van der Waals surface area contributed by atoms with E-state index in [0.29, 0.717) is 18.4 Å². The quantitative estimate of drug-likeness (QED) is 0.820. The van der Waals surface area contributed by atoms with Crippen molar-refractivity contribution in [2.75, 3.05) is 31.2 Å². The van der Waals surface area contributed by atoms with E-state index in [0.717, 1.165) is 44.6 Å². The molecule has 1 aromatic rings. The van der Waals surface area contributed by atoms with Gasteiger partial charge in [0.1, 0.15) is 0 Å². The molecule has 140 valence electrons. The molecule has 26 heavy (non-hydrogen) atoms. The van der Waals surface area contributed by atoms with Crippen molar-refractivity contribution in [3.05, 3.63) is 24.3 Å². The maximum atomic E-state index is 12.6. The fraction of sp³-hybridized carbons (Fsp3) is 0.600. The Bertz CT molecular complexity index is 679. The molecular weight excluding hydrogens is 346 g/mol. The topological polar surface area (TPSA) is 52.7 Å². The van der Waals surface area contributed by atoms with E-state index < -0.39 is 0 Å². The molecule has 3 aliphatic rings. The first kappa shape index (κ1) is 17.7. The number of nitrogens with one attached hydrogen (secondary N) is 1. The lowest BCUT2D eigenvalue weighted by molar-refractivity contribution is -0.139. The highest BCUT2D eigenvalue weighted by atomic mass is 32.2. The van der Waals surface area contributed by atoms with Crippen molar-refractivity contribution in [1.29, 1.82) is 0 Å². The van der Waals surface area contributed by atoms with Crippen LogP contribution in [0, 0.1) is 5.41 Å². The molecule has 2 heterocycles. The van der Waals surface area contributed by atoms with Gasteiger partial charge >= 0.3 is 6.03 Å². The number of nitrogens with zero attached hydrogens (tertiary/aromatic N) is 2. The van der Waals surface area contributed by atoms with Gasteiger partial charge in [-0.05, 0) is 68.0 Å². The zero-order valence-corrected chi connectivity index (χ0v) is 16.2. The van der Waals surface area contributed by atoms with Crippen LogP contribution in [0.2, 0.25) is 0 Å². The van der Waals surface area contributed by atoms with E-state index in [1.165, 1.54) is 17.7 Å². The van der Waals surface area contributed by atoms with Crippen molar-refractivity contribution in [1.82, 2.24) is 9.80 Å². The largest absolute Gasteiger partial charge is 0.339 e. The maximum Gasteiger partial charge on any atom is 0.321 e. The Kier molecular flexibility index (Phi) is 4.86. The number of amides is 3. The van der Waals surface area contributed by atoms with Crippen LogP contribution in [0.25, 0.3) is 0 Å². The van der Waals surface area contributed by atoms with Gasteiger partial charge in [0, 0.05) is 42.7 Å². The standard InChI is InChI=1S/C20H27N3O2S/c1-26-17-6-2-15(3-7-17)21-19(25)22-12-10-20(11-13-22)9-8-18(24)23(14-20)16-4-5-16/h2-3,6-7,16H,4-5,8-14H2,1H3,(H,21,25). The van der Waals surface area contributed by atoms with Gasteiger partial charge in [-0.2, -0.15) is 0 Å². The van der Waals surface area contributed by atoms with Gasteiger partial charge in [-0.3, -0.25) is 4.79 Å². The lowest BCUT2D eigenvalue weighted by atomic mass is 9.72. The number of carbonyl (C=O) groups is 2. The van der Waals surface area contributed by atoms with Crippen molar-refractivity contribution >= 4 is 29.4 Å². The van der Waals surface area contributed by atoms with Crippen molar-refractivity contribution in [2.24, 2.45) is 5.41 Å². The van der Waals surface area contributed by atoms with E-state index in [1.807, 2.05) is 35.4 Å². The molecule has 0 unspecified atom stereocenters. The summed E-state index contributed by atoms with van der Waals surface area (Å²) in [6.45, 7) is 2.46. The van der Waals surface area contributed by atoms with E-state index in [1.54, 1.807) is 11.8 Å². The monoisotopic (exact) mass is 373 g/mol. The number of hydrogen-bond acceptors (Lipinski definition) is 3. The summed E-state index contributed by atoms with van der Waals surface area (Å²) in [6, 6.07) is 8.45. The summed E-state index contributed by atoms with van der Waals surface area (Å²) < 4.78 is 0. The van der Waals surface area contributed by atoms with Crippen molar-refractivity contribution in [3.8, 4) is 0 Å². The number of anilines is 1. The molecule has 0 bridgehead atoms. The third-order valence-corrected chi connectivity index (χ3v) is 6.88. The molecule has 1 aliphatic carbocycles. The summed E-state index contributed by atoms with van der Waals surface area (Å²) in [5.74, 6) is 0.340. The molecule has 0 aromatic heterocycles. The van der Waals surface area contributed by atoms with Crippen LogP contribution in [0.15, 0.2) is 29.2 Å². The van der Waals surface area contributed by atoms with Gasteiger partial charge in [-0.15, -0.1) is 11.8 Å². The SMILES string of the molecule is CSc1ccc(NC(=O)N2CCC3(CCC(=O)N(C4CC4)C3)CC2)cc1. The molecule has 3 fully saturated rings. The van der Waals surface area contributed by atoms with Crippen molar-refractivity contribution < 1.29 is 9.59 Å². The van der Waals surface area contributed by atoms with Crippen LogP contribution in [-0.2, 0) is 4.79 Å². The van der Waals surface area contributed by atoms with Gasteiger partial charge in [0.25, 0.3) is 0 Å². The zero-order valence-electron chi connectivity index (χ0n) is 15.4. The van der Waals surface area contributed by atoms with E-state index in [9.17, 15) is 9.59 Å². The summed E-state index contributed by atoms with van der Waals surface area (Å²) in [5, 5.41) is 3.01. The average Bonchev–Trinajstić information content (AvgIpc) is 3.50. The van der Waals surface area contributed by atoms with Gasteiger partial charge in [0.15, 0.2) is 0 Å². The van der Waals surface area contributed by atoms with Crippen LogP contribution in [0.3, 0.4) is 0 Å². The van der Waals surface area contributed by atoms with Crippen LogP contribution in [0.1, 0.15) is 38.5 Å². The first-order valence-electron chi connectivity index (χ1n) is 9.58. The third-order valence-electron chi connectivity index (χ3n) is 6.14. The molecule has 3 amide bonds. The highest BCUT2D eigenvalue weighted by molar-refractivity contribution is 7.98. The molecule has 0 radical (unpaired) electrons. The fourth-order valence-electron chi connectivity index (χ4n) is 4.23. The molecule has 1 aromatic carbocycles. The molecular formula is C20H27N3O2S. The van der Waals surface area contributed by atoms with Gasteiger partial charge in [0.05, 0.1) is 0 Å². The minimum Gasteiger partial charge on any atom is -0.339 e. The second kappa shape index (κ2) is 7.14. The zero-order chi connectivity index (χ0) is 18.1. The van der Waals surface area contributed by atoms with Gasteiger partial charge in [0.2, 0.25) is 5.91 Å². The second-order valence-corrected chi connectivity index (χ2v) is 8.78. The van der Waals surface area contributed by atoms with Crippen molar-refractivity contribution in [3.63, 3.8) is 0 Å². The average molecular weight is 374 g/mol. The summed E-state index contributed by atoms with van der Waals surface area (Å²) in [4.78, 5) is 30.0. The Morgan fingerprint density at radius 1 is 1.15 bits per heavy atom. The second-order valence-electron chi connectivity index (χ2n) is 7.90. The predicted octanol–water partition coefficient (Wildman–Crippen LogP) is 3.81. The number of rotatable bonds is 3. The van der Waals surface area contributed by atoms with Crippen LogP contribution >= 0.6 is 11.8 Å². The van der Waals surface area contributed by atoms with Crippen LogP contribution < -0.4 is 5.32 Å². The molecule has 6 heteroatoms. The molecule has 1 saturated carbocycles. The number of hydrogen-bond donors (Lipinski definition) is 1. The van der Waals surface area contributed by atoms with Gasteiger partial charge in [-0.25, -0.2) is 4.79 Å². The minimum atomic E-state index is -0.0114. The van der Waals surface area contributed by atoms with E-state index in [-0.39, 0.29) is 11.4 Å². The Labute approximate surface area is 159 Å². The summed E-state index contributed by atoms with van der Waals surface area (Å²) in [7, 11) is 0. The molecule has 5 nitrogen and oxygen atoms in total. The maximum absolute atomic E-state index is 12.6. The van der Waals surface area contributed by atoms with Gasteiger partial charge < -0.3 is 15.1 Å². The van der Waals surface area contributed by atoms with Crippen LogP contribution in [-0.4, -0.2) is 53.7 Å². The van der Waals surface area contributed by atoms with Crippen LogP contribution in [0.5, 0.6) is 0 Å². The summed E-state index contributed by atoms with van der Waals surface area (Å²) in [6.07, 6.45) is 8.06. The third kappa shape index (κ3) is 3.70. The number of likely N-dealkylation sites (tertiary alicyclic amines) is 2. The predicted molar refractivity (Wildman–Crippen MR) is 104 cm³/mol. The van der Waals surface area contributed by atoms with E-state index in [4.69, 9.17) is 0 Å². The van der Waals surface area contributed by atoms with Crippen LogP contribution in [0.4, 0.5) is 10.5 Å². The lowest BCUT2D eigenvalue weighted by Gasteiger charge is -2.47. The lowest BCUT2D eigenvalue weighted by Crippen LogP contribution is -2.53. The molecule has 2 aliphatic heterocycles. The molecule has 4 rings (SSSR count).